The fraction of sp³-hybridized carbons (Fsp3) is 0.714. The molecule has 0 bridgehead atoms. The zero-order valence-electron chi connectivity index (χ0n) is 13.1. The molecule has 1 saturated heterocycles. The number of nitrogens with zero attached hydrogens (tertiary/aromatic N) is 3. The van der Waals surface area contributed by atoms with Crippen LogP contribution in [0.4, 0.5) is 5.82 Å². The van der Waals surface area contributed by atoms with Crippen LogP contribution < -0.4 is 5.32 Å². The highest BCUT2D eigenvalue weighted by Crippen LogP contribution is 2.16. The minimum atomic E-state index is -0.534. The van der Waals surface area contributed by atoms with E-state index in [1.54, 1.807) is 13.8 Å². The van der Waals surface area contributed by atoms with Gasteiger partial charge in [0, 0.05) is 6.61 Å². The first-order valence-corrected chi connectivity index (χ1v) is 7.49. The Morgan fingerprint density at radius 2 is 2.36 bits per heavy atom. The summed E-state index contributed by atoms with van der Waals surface area (Å²) in [6.45, 7) is 6.51. The summed E-state index contributed by atoms with van der Waals surface area (Å²) >= 11 is 0. The number of rotatable bonds is 6. The molecule has 0 aliphatic carbocycles. The van der Waals surface area contributed by atoms with Crippen molar-refractivity contribution in [3.8, 4) is 0 Å². The van der Waals surface area contributed by atoms with E-state index < -0.39 is 4.92 Å². The number of aryl methyl sites for hydroxylation is 1. The van der Waals surface area contributed by atoms with Gasteiger partial charge < -0.3 is 20.2 Å². The highest BCUT2D eigenvalue weighted by molar-refractivity contribution is 5.78. The maximum atomic E-state index is 12.2. The van der Waals surface area contributed by atoms with E-state index in [4.69, 9.17) is 4.74 Å². The average molecular weight is 310 g/mol. The van der Waals surface area contributed by atoms with Crippen molar-refractivity contribution in [3.63, 3.8) is 0 Å². The molecule has 8 nitrogen and oxygen atoms in total. The molecule has 2 rings (SSSR count). The molecule has 0 spiro atoms. The Bertz CT molecular complexity index is 551. The first kappa shape index (κ1) is 16.4. The number of aromatic nitrogens is 2. The molecule has 1 amide bonds. The van der Waals surface area contributed by atoms with Crippen molar-refractivity contribution in [1.29, 1.82) is 0 Å². The molecule has 0 radical (unpaired) electrons. The van der Waals surface area contributed by atoms with Crippen molar-refractivity contribution in [3.05, 3.63) is 21.9 Å². The molecule has 3 atom stereocenters. The summed E-state index contributed by atoms with van der Waals surface area (Å²) in [5.41, 5.74) is 0.665. The maximum absolute atomic E-state index is 12.2. The molecule has 1 N–H and O–H groups in total. The van der Waals surface area contributed by atoms with Crippen LogP contribution in [-0.4, -0.2) is 39.4 Å². The van der Waals surface area contributed by atoms with Crippen molar-refractivity contribution < 1.29 is 14.5 Å². The molecule has 2 heterocycles. The second kappa shape index (κ2) is 6.87. The zero-order chi connectivity index (χ0) is 16.3. The lowest BCUT2D eigenvalue weighted by molar-refractivity contribution is -0.389. The zero-order valence-corrected chi connectivity index (χ0v) is 13.1. The van der Waals surface area contributed by atoms with E-state index in [0.29, 0.717) is 12.2 Å². The largest absolute Gasteiger partial charge is 0.390 e. The predicted molar refractivity (Wildman–Crippen MR) is 79.4 cm³/mol. The average Bonchev–Trinajstić information content (AvgIpc) is 3.09. The smallest absolute Gasteiger partial charge is 0.376 e. The highest BCUT2D eigenvalue weighted by Gasteiger charge is 2.26. The summed E-state index contributed by atoms with van der Waals surface area (Å²) < 4.78 is 7.05. The molecule has 0 saturated carbocycles. The van der Waals surface area contributed by atoms with Gasteiger partial charge in [0.2, 0.25) is 5.91 Å². The van der Waals surface area contributed by atoms with Crippen LogP contribution in [0.2, 0.25) is 0 Å². The van der Waals surface area contributed by atoms with Gasteiger partial charge in [-0.05, 0) is 31.6 Å². The van der Waals surface area contributed by atoms with Gasteiger partial charge in [0.25, 0.3) is 0 Å². The van der Waals surface area contributed by atoms with E-state index in [1.165, 1.54) is 10.7 Å². The van der Waals surface area contributed by atoms with Gasteiger partial charge in [-0.2, -0.15) is 4.68 Å². The van der Waals surface area contributed by atoms with Gasteiger partial charge in [-0.25, -0.2) is 0 Å². The van der Waals surface area contributed by atoms with Crippen LogP contribution in [0.5, 0.6) is 0 Å². The Balaban J connectivity index is 1.92. The summed E-state index contributed by atoms with van der Waals surface area (Å²) in [5, 5.41) is 17.6. The third kappa shape index (κ3) is 3.82. The number of carbonyl (C=O) groups excluding carboxylic acids is 1. The molecule has 1 aromatic heterocycles. The lowest BCUT2D eigenvalue weighted by Gasteiger charge is -2.22. The topological polar surface area (TPSA) is 99.3 Å². The van der Waals surface area contributed by atoms with E-state index in [9.17, 15) is 14.9 Å². The molecule has 1 aliphatic heterocycles. The Kier molecular flexibility index (Phi) is 5.12. The highest BCUT2D eigenvalue weighted by atomic mass is 16.6. The normalized spacial score (nSPS) is 20.6. The van der Waals surface area contributed by atoms with E-state index in [1.807, 2.05) is 6.92 Å². The van der Waals surface area contributed by atoms with Crippen LogP contribution in [0.15, 0.2) is 6.07 Å². The van der Waals surface area contributed by atoms with E-state index in [0.717, 1.165) is 19.4 Å². The molecular weight excluding hydrogens is 288 g/mol. The molecule has 1 aromatic rings. The summed E-state index contributed by atoms with van der Waals surface area (Å²) in [6.07, 6.45) is 2.06. The van der Waals surface area contributed by atoms with Crippen molar-refractivity contribution in [1.82, 2.24) is 15.1 Å². The summed E-state index contributed by atoms with van der Waals surface area (Å²) in [5.74, 6) is -0.625. The number of hydrogen-bond acceptors (Lipinski definition) is 5. The van der Waals surface area contributed by atoms with Crippen molar-refractivity contribution >= 4 is 11.7 Å². The van der Waals surface area contributed by atoms with Crippen molar-refractivity contribution in [2.45, 2.75) is 52.3 Å². The van der Waals surface area contributed by atoms with Gasteiger partial charge in [-0.3, -0.25) is 4.79 Å². The first-order chi connectivity index (χ1) is 10.4. The Labute approximate surface area is 129 Å². The number of nitrogens with one attached hydrogen (secondary N) is 1. The molecule has 122 valence electrons. The number of hydrogen-bond donors (Lipinski definition) is 1. The quantitative estimate of drug-likeness (QED) is 0.633. The molecule has 1 aliphatic rings. The van der Waals surface area contributed by atoms with Crippen LogP contribution >= 0.6 is 0 Å². The van der Waals surface area contributed by atoms with Gasteiger partial charge in [-0.1, -0.05) is 6.92 Å². The van der Waals surface area contributed by atoms with E-state index >= 15 is 0 Å². The molecule has 8 heteroatoms. The summed E-state index contributed by atoms with van der Waals surface area (Å²) in [7, 11) is 0. The minimum Gasteiger partial charge on any atom is -0.376 e. The second-order valence-corrected chi connectivity index (χ2v) is 5.83. The molecule has 0 aromatic carbocycles. The number of amides is 1. The fourth-order valence-electron chi connectivity index (χ4n) is 2.57. The second-order valence-electron chi connectivity index (χ2n) is 5.83. The van der Waals surface area contributed by atoms with Crippen LogP contribution in [0, 0.1) is 23.0 Å². The predicted octanol–water partition coefficient (Wildman–Crippen LogP) is 1.42. The third-order valence-corrected chi connectivity index (χ3v) is 3.94. The van der Waals surface area contributed by atoms with Gasteiger partial charge in [-0.15, -0.1) is 0 Å². The molecule has 0 unspecified atom stereocenters. The van der Waals surface area contributed by atoms with Gasteiger partial charge in [0.15, 0.2) is 0 Å². The van der Waals surface area contributed by atoms with Crippen LogP contribution in [0.25, 0.3) is 0 Å². The lowest BCUT2D eigenvalue weighted by atomic mass is 10.1. The number of ether oxygens (including phenoxy) is 1. The SMILES string of the molecule is Cc1cc([N+](=O)[O-])nn1C[C@@H](C)C(=O)N[C@H](C)[C@@H]1CCCO1. The van der Waals surface area contributed by atoms with Crippen LogP contribution in [-0.2, 0) is 16.1 Å². The molecule has 1 fully saturated rings. The minimum absolute atomic E-state index is 0.0366. The number of nitro groups is 1. The van der Waals surface area contributed by atoms with Gasteiger partial charge >= 0.3 is 5.82 Å². The Morgan fingerprint density at radius 1 is 1.64 bits per heavy atom. The summed E-state index contributed by atoms with van der Waals surface area (Å²) in [4.78, 5) is 22.4. The summed E-state index contributed by atoms with van der Waals surface area (Å²) in [6, 6.07) is 1.37. The van der Waals surface area contributed by atoms with Crippen LogP contribution in [0.3, 0.4) is 0 Å². The van der Waals surface area contributed by atoms with E-state index in [-0.39, 0.29) is 29.8 Å². The van der Waals surface area contributed by atoms with Crippen molar-refractivity contribution in [2.75, 3.05) is 6.61 Å². The lowest BCUT2D eigenvalue weighted by Crippen LogP contribution is -2.43. The first-order valence-electron chi connectivity index (χ1n) is 7.49. The Morgan fingerprint density at radius 3 is 2.91 bits per heavy atom. The van der Waals surface area contributed by atoms with E-state index in [2.05, 4.69) is 10.4 Å². The van der Waals surface area contributed by atoms with Crippen LogP contribution in [0.1, 0.15) is 32.4 Å². The third-order valence-electron chi connectivity index (χ3n) is 3.94. The molecular formula is C14H22N4O4. The monoisotopic (exact) mass is 310 g/mol. The fourth-order valence-corrected chi connectivity index (χ4v) is 2.57. The van der Waals surface area contributed by atoms with Gasteiger partial charge in [0.05, 0.1) is 41.5 Å². The standard InChI is InChI=1S/C14H22N4O4/c1-9(8-17-10(2)7-13(16-17)18(20)21)14(19)15-11(3)12-5-4-6-22-12/h7,9,11-12H,4-6,8H2,1-3H3,(H,15,19)/t9-,11-,12+/m1/s1. The maximum Gasteiger partial charge on any atom is 0.390 e. The molecule has 22 heavy (non-hydrogen) atoms. The Hall–Kier alpha value is -1.96. The van der Waals surface area contributed by atoms with Crippen molar-refractivity contribution in [2.24, 2.45) is 5.92 Å². The number of carbonyl (C=O) groups is 1. The van der Waals surface area contributed by atoms with Gasteiger partial charge in [0.1, 0.15) is 0 Å².